The molecule has 0 aliphatic rings. The van der Waals surface area contributed by atoms with Crippen LogP contribution in [0.2, 0.25) is 0 Å². The third-order valence-electron chi connectivity index (χ3n) is 3.51. The predicted octanol–water partition coefficient (Wildman–Crippen LogP) is 3.92. The van der Waals surface area contributed by atoms with Crippen LogP contribution in [0.3, 0.4) is 0 Å². The van der Waals surface area contributed by atoms with Crippen LogP contribution in [-0.4, -0.2) is 26.9 Å². The van der Waals surface area contributed by atoms with Gasteiger partial charge in [0.15, 0.2) is 0 Å². The summed E-state index contributed by atoms with van der Waals surface area (Å²) >= 11 is 3.53. The van der Waals surface area contributed by atoms with E-state index in [0.29, 0.717) is 6.04 Å². The van der Waals surface area contributed by atoms with Gasteiger partial charge in [0, 0.05) is 13.2 Å². The zero-order chi connectivity index (χ0) is 14.5. The highest BCUT2D eigenvalue weighted by Crippen LogP contribution is 2.30. The number of halogens is 1. The molecule has 0 aliphatic heterocycles. The van der Waals surface area contributed by atoms with Gasteiger partial charge in [-0.2, -0.15) is 0 Å². The van der Waals surface area contributed by atoms with Crippen molar-refractivity contribution in [3.05, 3.63) is 28.2 Å². The topological polar surface area (TPSA) is 30.5 Å². The van der Waals surface area contributed by atoms with E-state index in [0.717, 1.165) is 23.1 Å². The van der Waals surface area contributed by atoms with Crippen molar-refractivity contribution in [1.82, 2.24) is 5.32 Å². The number of ether oxygens (including phenoxy) is 2. The number of hydrogen-bond acceptors (Lipinski definition) is 3. The zero-order valence-electron chi connectivity index (χ0n) is 12.4. The number of rotatable bonds is 7. The SMILES string of the molecule is CNC(CCC(C)(C)OC)c1ccc(OC)c(Br)c1. The van der Waals surface area contributed by atoms with E-state index in [9.17, 15) is 0 Å². The molecule has 19 heavy (non-hydrogen) atoms. The summed E-state index contributed by atoms with van der Waals surface area (Å²) in [6.45, 7) is 4.23. The van der Waals surface area contributed by atoms with Crippen molar-refractivity contribution in [2.24, 2.45) is 0 Å². The summed E-state index contributed by atoms with van der Waals surface area (Å²) in [6, 6.07) is 6.52. The van der Waals surface area contributed by atoms with Gasteiger partial charge in [-0.1, -0.05) is 6.07 Å². The van der Waals surface area contributed by atoms with Crippen LogP contribution >= 0.6 is 15.9 Å². The lowest BCUT2D eigenvalue weighted by molar-refractivity contribution is 0.0118. The molecule has 0 amide bonds. The van der Waals surface area contributed by atoms with Crippen molar-refractivity contribution in [3.63, 3.8) is 0 Å². The molecule has 3 nitrogen and oxygen atoms in total. The molecule has 1 rings (SSSR count). The fourth-order valence-corrected chi connectivity index (χ4v) is 2.53. The fraction of sp³-hybridized carbons (Fsp3) is 0.600. The van der Waals surface area contributed by atoms with E-state index in [2.05, 4.69) is 47.2 Å². The Morgan fingerprint density at radius 2 is 2.00 bits per heavy atom. The molecular formula is C15H24BrNO2. The first-order valence-corrected chi connectivity index (χ1v) is 7.28. The zero-order valence-corrected chi connectivity index (χ0v) is 14.0. The maximum Gasteiger partial charge on any atom is 0.133 e. The van der Waals surface area contributed by atoms with Gasteiger partial charge in [-0.25, -0.2) is 0 Å². The first-order valence-electron chi connectivity index (χ1n) is 6.49. The second kappa shape index (κ2) is 7.27. The minimum atomic E-state index is -0.0845. The Morgan fingerprint density at radius 3 is 2.47 bits per heavy atom. The van der Waals surface area contributed by atoms with Crippen molar-refractivity contribution in [3.8, 4) is 5.75 Å². The monoisotopic (exact) mass is 329 g/mol. The highest BCUT2D eigenvalue weighted by molar-refractivity contribution is 9.10. The van der Waals surface area contributed by atoms with Gasteiger partial charge in [-0.05, 0) is 67.4 Å². The molecule has 0 spiro atoms. The standard InChI is InChI=1S/C15H24BrNO2/c1-15(2,19-5)9-8-13(17-3)11-6-7-14(18-4)12(16)10-11/h6-7,10,13,17H,8-9H2,1-5H3. The van der Waals surface area contributed by atoms with Crippen molar-refractivity contribution in [2.45, 2.75) is 38.3 Å². The van der Waals surface area contributed by atoms with E-state index in [4.69, 9.17) is 9.47 Å². The summed E-state index contributed by atoms with van der Waals surface area (Å²) in [5, 5.41) is 3.36. The number of hydrogen-bond donors (Lipinski definition) is 1. The summed E-state index contributed by atoms with van der Waals surface area (Å²) in [5.74, 6) is 0.857. The van der Waals surface area contributed by atoms with Gasteiger partial charge in [0.25, 0.3) is 0 Å². The average Bonchev–Trinajstić information content (AvgIpc) is 2.39. The molecule has 108 valence electrons. The highest BCUT2D eigenvalue weighted by Gasteiger charge is 2.19. The molecule has 1 N–H and O–H groups in total. The van der Waals surface area contributed by atoms with Crippen molar-refractivity contribution >= 4 is 15.9 Å². The third-order valence-corrected chi connectivity index (χ3v) is 4.13. The lowest BCUT2D eigenvalue weighted by Crippen LogP contribution is -2.26. The molecule has 1 aromatic carbocycles. The van der Waals surface area contributed by atoms with E-state index in [1.165, 1.54) is 5.56 Å². The molecule has 0 aromatic heterocycles. The highest BCUT2D eigenvalue weighted by atomic mass is 79.9. The van der Waals surface area contributed by atoms with E-state index < -0.39 is 0 Å². The molecule has 0 fully saturated rings. The van der Waals surface area contributed by atoms with E-state index >= 15 is 0 Å². The van der Waals surface area contributed by atoms with Crippen LogP contribution in [-0.2, 0) is 4.74 Å². The molecule has 0 heterocycles. The number of benzene rings is 1. The van der Waals surface area contributed by atoms with Crippen LogP contribution in [0.25, 0.3) is 0 Å². The van der Waals surface area contributed by atoms with Crippen LogP contribution in [0.1, 0.15) is 38.3 Å². The smallest absolute Gasteiger partial charge is 0.133 e. The fourth-order valence-electron chi connectivity index (χ4n) is 1.97. The summed E-state index contributed by atoms with van der Waals surface area (Å²) in [5.41, 5.74) is 1.17. The van der Waals surface area contributed by atoms with Gasteiger partial charge in [0.05, 0.1) is 17.2 Å². The van der Waals surface area contributed by atoms with Crippen molar-refractivity contribution in [1.29, 1.82) is 0 Å². The maximum absolute atomic E-state index is 5.47. The molecular weight excluding hydrogens is 306 g/mol. The molecule has 0 saturated heterocycles. The van der Waals surface area contributed by atoms with E-state index in [1.54, 1.807) is 14.2 Å². The number of methoxy groups -OCH3 is 2. The third kappa shape index (κ3) is 4.79. The molecule has 0 saturated carbocycles. The summed E-state index contributed by atoms with van der Waals surface area (Å²) < 4.78 is 11.7. The lowest BCUT2D eigenvalue weighted by atomic mass is 9.95. The Labute approximate surface area is 124 Å². The molecule has 0 aliphatic carbocycles. The van der Waals surface area contributed by atoms with Gasteiger partial charge in [-0.15, -0.1) is 0 Å². The van der Waals surface area contributed by atoms with Crippen LogP contribution in [0.15, 0.2) is 22.7 Å². The normalized spacial score (nSPS) is 13.4. The lowest BCUT2D eigenvalue weighted by Gasteiger charge is -2.26. The van der Waals surface area contributed by atoms with Gasteiger partial charge < -0.3 is 14.8 Å². The number of nitrogens with one attached hydrogen (secondary N) is 1. The first-order chi connectivity index (χ1) is 8.93. The van der Waals surface area contributed by atoms with Crippen molar-refractivity contribution in [2.75, 3.05) is 21.3 Å². The largest absolute Gasteiger partial charge is 0.496 e. The van der Waals surface area contributed by atoms with Crippen LogP contribution in [0.4, 0.5) is 0 Å². The molecule has 0 radical (unpaired) electrons. The van der Waals surface area contributed by atoms with Crippen LogP contribution in [0.5, 0.6) is 5.75 Å². The molecule has 1 unspecified atom stereocenters. The molecule has 1 aromatic rings. The van der Waals surface area contributed by atoms with E-state index in [1.807, 2.05) is 13.1 Å². The van der Waals surface area contributed by atoms with Gasteiger partial charge in [-0.3, -0.25) is 0 Å². The summed E-state index contributed by atoms with van der Waals surface area (Å²) in [6.07, 6.45) is 2.02. The minimum absolute atomic E-state index is 0.0845. The minimum Gasteiger partial charge on any atom is -0.496 e. The second-order valence-corrected chi connectivity index (χ2v) is 6.09. The summed E-state index contributed by atoms with van der Waals surface area (Å²) in [4.78, 5) is 0. The predicted molar refractivity (Wildman–Crippen MR) is 82.8 cm³/mol. The maximum atomic E-state index is 5.47. The molecule has 1 atom stereocenters. The Kier molecular flexibility index (Phi) is 6.30. The molecule has 0 bridgehead atoms. The van der Waals surface area contributed by atoms with E-state index in [-0.39, 0.29) is 5.60 Å². The molecule has 4 heteroatoms. The Balaban J connectivity index is 2.77. The summed E-state index contributed by atoms with van der Waals surface area (Å²) in [7, 11) is 5.43. The quantitative estimate of drug-likeness (QED) is 0.822. The first kappa shape index (κ1) is 16.5. The van der Waals surface area contributed by atoms with Crippen molar-refractivity contribution < 1.29 is 9.47 Å². The van der Waals surface area contributed by atoms with Gasteiger partial charge >= 0.3 is 0 Å². The second-order valence-electron chi connectivity index (χ2n) is 5.24. The Hall–Kier alpha value is -0.580. The van der Waals surface area contributed by atoms with Crippen LogP contribution in [0, 0.1) is 0 Å². The van der Waals surface area contributed by atoms with Crippen LogP contribution < -0.4 is 10.1 Å². The average molecular weight is 330 g/mol. The van der Waals surface area contributed by atoms with Gasteiger partial charge in [0.2, 0.25) is 0 Å². The Bertz CT molecular complexity index is 407. The Morgan fingerprint density at radius 1 is 1.32 bits per heavy atom. The van der Waals surface area contributed by atoms with Gasteiger partial charge in [0.1, 0.15) is 5.75 Å².